The number of hydrogen-bond acceptors (Lipinski definition) is 4. The van der Waals surface area contributed by atoms with Gasteiger partial charge in [0.25, 0.3) is 5.91 Å². The highest BCUT2D eigenvalue weighted by Crippen LogP contribution is 2.32. The molecule has 0 saturated heterocycles. The zero-order valence-electron chi connectivity index (χ0n) is 16.0. The highest BCUT2D eigenvalue weighted by Gasteiger charge is 2.22. The largest absolute Gasteiger partial charge is 0.495 e. The number of aromatic nitrogens is 1. The number of carbonyl (C=O) groups is 2. The van der Waals surface area contributed by atoms with E-state index in [1.807, 2.05) is 6.07 Å². The van der Waals surface area contributed by atoms with Gasteiger partial charge in [0, 0.05) is 17.0 Å². The van der Waals surface area contributed by atoms with E-state index in [1.165, 1.54) is 17.8 Å². The summed E-state index contributed by atoms with van der Waals surface area (Å²) in [4.78, 5) is 29.2. The van der Waals surface area contributed by atoms with Crippen molar-refractivity contribution in [2.75, 3.05) is 17.7 Å². The Kier molecular flexibility index (Phi) is 5.78. The minimum atomic E-state index is -0.265. The highest BCUT2D eigenvalue weighted by atomic mass is 35.5. The van der Waals surface area contributed by atoms with Crippen molar-refractivity contribution in [3.8, 4) is 5.75 Å². The van der Waals surface area contributed by atoms with Crippen LogP contribution in [-0.4, -0.2) is 23.9 Å². The molecule has 0 spiro atoms. The van der Waals surface area contributed by atoms with Crippen LogP contribution >= 0.6 is 22.9 Å². The molecule has 4 rings (SSSR count). The summed E-state index contributed by atoms with van der Waals surface area (Å²) in [5.41, 5.74) is 1.58. The van der Waals surface area contributed by atoms with Crippen LogP contribution in [0.3, 0.4) is 0 Å². The number of benzene rings is 1. The molecule has 0 unspecified atom stereocenters. The van der Waals surface area contributed by atoms with Gasteiger partial charge in [0.1, 0.15) is 16.3 Å². The van der Waals surface area contributed by atoms with E-state index in [4.69, 9.17) is 16.3 Å². The Bertz CT molecular complexity index is 1020. The molecule has 1 aromatic carbocycles. The van der Waals surface area contributed by atoms with Gasteiger partial charge in [0.15, 0.2) is 0 Å². The molecule has 1 aliphatic rings. The third-order valence-corrected chi connectivity index (χ3v) is 6.41. The molecule has 2 heterocycles. The topological polar surface area (TPSA) is 83.2 Å². The van der Waals surface area contributed by atoms with E-state index in [9.17, 15) is 9.59 Å². The lowest BCUT2D eigenvalue weighted by Gasteiger charge is -2.21. The number of nitrogens with one attached hydrogen (secondary N) is 3. The predicted molar refractivity (Wildman–Crippen MR) is 117 cm³/mol. The molecule has 2 amide bonds. The third-order valence-electron chi connectivity index (χ3n) is 5.21. The zero-order chi connectivity index (χ0) is 20.4. The Hall–Kier alpha value is -2.51. The van der Waals surface area contributed by atoms with E-state index in [0.29, 0.717) is 27.2 Å². The molecule has 1 saturated carbocycles. The summed E-state index contributed by atoms with van der Waals surface area (Å²) < 4.78 is 6.05. The van der Waals surface area contributed by atoms with Crippen LogP contribution in [0.1, 0.15) is 42.6 Å². The maximum absolute atomic E-state index is 12.6. The Balaban J connectivity index is 1.49. The molecule has 6 nitrogen and oxygen atoms in total. The molecule has 1 fully saturated rings. The average Bonchev–Trinajstić information content (AvgIpc) is 3.26. The molecule has 0 atom stereocenters. The summed E-state index contributed by atoms with van der Waals surface area (Å²) in [6.07, 6.45) is 5.20. The number of carbonyl (C=O) groups excluding carboxylic acids is 2. The van der Waals surface area contributed by atoms with Crippen molar-refractivity contribution in [2.24, 2.45) is 5.92 Å². The van der Waals surface area contributed by atoms with Crippen LogP contribution in [0.15, 0.2) is 30.3 Å². The van der Waals surface area contributed by atoms with Gasteiger partial charge < -0.3 is 20.4 Å². The minimum Gasteiger partial charge on any atom is -0.495 e. The van der Waals surface area contributed by atoms with Crippen molar-refractivity contribution < 1.29 is 14.3 Å². The van der Waals surface area contributed by atoms with Crippen LogP contribution in [0.5, 0.6) is 5.75 Å². The predicted octanol–water partition coefficient (Wildman–Crippen LogP) is 5.66. The van der Waals surface area contributed by atoms with Crippen molar-refractivity contribution in [2.45, 2.75) is 32.1 Å². The number of halogens is 1. The lowest BCUT2D eigenvalue weighted by molar-refractivity contribution is -0.120. The molecule has 0 aliphatic heterocycles. The number of methoxy groups -OCH3 is 1. The van der Waals surface area contributed by atoms with Gasteiger partial charge in [0.2, 0.25) is 5.91 Å². The number of ether oxygens (including phenoxy) is 1. The number of aromatic amines is 1. The Morgan fingerprint density at radius 2 is 1.93 bits per heavy atom. The van der Waals surface area contributed by atoms with Crippen LogP contribution in [0.2, 0.25) is 4.34 Å². The fourth-order valence-electron chi connectivity index (χ4n) is 3.70. The summed E-state index contributed by atoms with van der Waals surface area (Å²) in [6, 6.07) is 8.79. The first-order valence-electron chi connectivity index (χ1n) is 9.62. The Morgan fingerprint density at radius 3 is 2.66 bits per heavy atom. The summed E-state index contributed by atoms with van der Waals surface area (Å²) in [7, 11) is 1.56. The third kappa shape index (κ3) is 4.41. The highest BCUT2D eigenvalue weighted by molar-refractivity contribution is 7.22. The first-order chi connectivity index (χ1) is 14.0. The standard InChI is InChI=1S/C21H22ClN3O3S/c1-28-17-8-7-14(11-15(17)24-19(26)12-5-3-2-4-6-12)23-20(27)16-9-13-10-18(22)29-21(13)25-16/h7-12,25H,2-6H2,1H3,(H,23,27)(H,24,26). The number of thiophene rings is 1. The van der Waals surface area contributed by atoms with Gasteiger partial charge in [-0.2, -0.15) is 0 Å². The Morgan fingerprint density at radius 1 is 1.14 bits per heavy atom. The average molecular weight is 432 g/mol. The second-order valence-electron chi connectivity index (χ2n) is 7.21. The van der Waals surface area contributed by atoms with Crippen LogP contribution in [-0.2, 0) is 4.79 Å². The molecular weight excluding hydrogens is 410 g/mol. The van der Waals surface area contributed by atoms with Gasteiger partial charge >= 0.3 is 0 Å². The molecule has 0 radical (unpaired) electrons. The van der Waals surface area contributed by atoms with Crippen LogP contribution < -0.4 is 15.4 Å². The van der Waals surface area contributed by atoms with E-state index in [1.54, 1.807) is 31.4 Å². The monoisotopic (exact) mass is 431 g/mol. The van der Waals surface area contributed by atoms with Crippen molar-refractivity contribution in [1.82, 2.24) is 4.98 Å². The Labute approximate surface area is 177 Å². The van der Waals surface area contributed by atoms with Crippen LogP contribution in [0, 0.1) is 5.92 Å². The maximum atomic E-state index is 12.6. The van der Waals surface area contributed by atoms with Crippen molar-refractivity contribution in [1.29, 1.82) is 0 Å². The van der Waals surface area contributed by atoms with Gasteiger partial charge in [-0.05, 0) is 43.2 Å². The summed E-state index contributed by atoms with van der Waals surface area (Å²) in [6.45, 7) is 0. The molecular formula is C21H22ClN3O3S. The van der Waals surface area contributed by atoms with E-state index in [2.05, 4.69) is 15.6 Å². The lowest BCUT2D eigenvalue weighted by atomic mass is 9.88. The fourth-order valence-corrected chi connectivity index (χ4v) is 4.82. The number of amides is 2. The summed E-state index contributed by atoms with van der Waals surface area (Å²) in [5.74, 6) is 0.333. The van der Waals surface area contributed by atoms with Gasteiger partial charge in [-0.25, -0.2) is 0 Å². The summed E-state index contributed by atoms with van der Waals surface area (Å²) >= 11 is 7.37. The number of hydrogen-bond donors (Lipinski definition) is 3. The van der Waals surface area contributed by atoms with E-state index >= 15 is 0 Å². The van der Waals surface area contributed by atoms with Crippen LogP contribution in [0.25, 0.3) is 10.2 Å². The molecule has 1 aliphatic carbocycles. The van der Waals surface area contributed by atoms with Gasteiger partial charge in [-0.15, -0.1) is 11.3 Å². The number of anilines is 2. The molecule has 8 heteroatoms. The fraction of sp³-hybridized carbons (Fsp3) is 0.333. The number of rotatable bonds is 5. The van der Waals surface area contributed by atoms with E-state index in [0.717, 1.165) is 35.9 Å². The first kappa shape index (κ1) is 19.8. The van der Waals surface area contributed by atoms with E-state index in [-0.39, 0.29) is 17.7 Å². The zero-order valence-corrected chi connectivity index (χ0v) is 17.6. The van der Waals surface area contributed by atoms with Crippen molar-refractivity contribution in [3.05, 3.63) is 40.4 Å². The SMILES string of the molecule is COc1ccc(NC(=O)c2cc3cc(Cl)sc3[nH]2)cc1NC(=O)C1CCCCC1. The number of H-pyrrole nitrogens is 1. The van der Waals surface area contributed by atoms with Crippen molar-refractivity contribution in [3.63, 3.8) is 0 Å². The quantitative estimate of drug-likeness (QED) is 0.487. The molecule has 3 aromatic rings. The van der Waals surface area contributed by atoms with Gasteiger partial charge in [0.05, 0.1) is 17.1 Å². The van der Waals surface area contributed by atoms with Gasteiger partial charge in [-0.3, -0.25) is 9.59 Å². The normalized spacial score (nSPS) is 14.7. The van der Waals surface area contributed by atoms with Crippen molar-refractivity contribution >= 4 is 56.3 Å². The first-order valence-corrected chi connectivity index (χ1v) is 10.8. The van der Waals surface area contributed by atoms with Crippen LogP contribution in [0.4, 0.5) is 11.4 Å². The molecule has 2 aromatic heterocycles. The maximum Gasteiger partial charge on any atom is 0.272 e. The second kappa shape index (κ2) is 8.47. The van der Waals surface area contributed by atoms with Gasteiger partial charge in [-0.1, -0.05) is 30.9 Å². The molecule has 3 N–H and O–H groups in total. The van der Waals surface area contributed by atoms with E-state index < -0.39 is 0 Å². The minimum absolute atomic E-state index is 0.00737. The molecule has 29 heavy (non-hydrogen) atoms. The smallest absolute Gasteiger partial charge is 0.272 e. The second-order valence-corrected chi connectivity index (χ2v) is 8.89. The number of fused-ring (bicyclic) bond motifs is 1. The molecule has 152 valence electrons. The summed E-state index contributed by atoms with van der Waals surface area (Å²) in [5, 5.41) is 6.74. The molecule has 0 bridgehead atoms. The lowest BCUT2D eigenvalue weighted by Crippen LogP contribution is -2.25.